The molecular weight excluding hydrogens is 226 g/mol. The van der Waals surface area contributed by atoms with Gasteiger partial charge in [0.2, 0.25) is 0 Å². The number of hydrogen-bond acceptors (Lipinski definition) is 4. The van der Waals surface area contributed by atoms with Gasteiger partial charge in [-0.3, -0.25) is 0 Å². The summed E-state index contributed by atoms with van der Waals surface area (Å²) in [7, 11) is 3.62. The van der Waals surface area contributed by atoms with E-state index in [1.807, 2.05) is 54.4 Å². The SMILES string of the molecule is COc1ccccc1N(C)c1cccc(CN)n1. The van der Waals surface area contributed by atoms with Crippen molar-refractivity contribution in [1.29, 1.82) is 0 Å². The lowest BCUT2D eigenvalue weighted by Crippen LogP contribution is -2.13. The minimum absolute atomic E-state index is 0.438. The van der Waals surface area contributed by atoms with Crippen molar-refractivity contribution in [2.24, 2.45) is 5.73 Å². The van der Waals surface area contributed by atoms with Gasteiger partial charge in [-0.2, -0.15) is 0 Å². The van der Waals surface area contributed by atoms with Crippen LogP contribution in [0.5, 0.6) is 5.75 Å². The van der Waals surface area contributed by atoms with E-state index in [1.165, 1.54) is 0 Å². The van der Waals surface area contributed by atoms with Crippen molar-refractivity contribution in [3.63, 3.8) is 0 Å². The molecule has 4 nitrogen and oxygen atoms in total. The third-order valence-electron chi connectivity index (χ3n) is 2.79. The predicted molar refractivity (Wildman–Crippen MR) is 73.2 cm³/mol. The Hall–Kier alpha value is -2.07. The van der Waals surface area contributed by atoms with E-state index < -0.39 is 0 Å². The number of anilines is 2. The number of nitrogens with zero attached hydrogens (tertiary/aromatic N) is 2. The van der Waals surface area contributed by atoms with Crippen molar-refractivity contribution >= 4 is 11.5 Å². The summed E-state index contributed by atoms with van der Waals surface area (Å²) in [4.78, 5) is 6.47. The topological polar surface area (TPSA) is 51.4 Å². The summed E-state index contributed by atoms with van der Waals surface area (Å²) in [6, 6.07) is 13.7. The normalized spacial score (nSPS) is 10.2. The fraction of sp³-hybridized carbons (Fsp3) is 0.214. The van der Waals surface area contributed by atoms with Gasteiger partial charge < -0.3 is 15.4 Å². The molecule has 0 fully saturated rings. The molecule has 0 saturated heterocycles. The standard InChI is InChI=1S/C14H17N3O/c1-17(12-7-3-4-8-13(12)18-2)14-9-5-6-11(10-15)16-14/h3-9H,10,15H2,1-2H3. The van der Waals surface area contributed by atoms with Crippen LogP contribution in [0.2, 0.25) is 0 Å². The lowest BCUT2D eigenvalue weighted by Gasteiger charge is -2.21. The fourth-order valence-electron chi connectivity index (χ4n) is 1.80. The Labute approximate surface area is 107 Å². The lowest BCUT2D eigenvalue weighted by atomic mass is 10.2. The van der Waals surface area contributed by atoms with Crippen LogP contribution in [-0.2, 0) is 6.54 Å². The highest BCUT2D eigenvalue weighted by Gasteiger charge is 2.10. The Morgan fingerprint density at radius 2 is 1.94 bits per heavy atom. The average Bonchev–Trinajstić information content (AvgIpc) is 2.46. The van der Waals surface area contributed by atoms with Gasteiger partial charge in [-0.1, -0.05) is 18.2 Å². The highest BCUT2D eigenvalue weighted by molar-refractivity contribution is 5.66. The fourth-order valence-corrected chi connectivity index (χ4v) is 1.80. The van der Waals surface area contributed by atoms with Crippen LogP contribution in [0.3, 0.4) is 0 Å². The van der Waals surface area contributed by atoms with E-state index in [-0.39, 0.29) is 0 Å². The highest BCUT2D eigenvalue weighted by atomic mass is 16.5. The van der Waals surface area contributed by atoms with Crippen LogP contribution in [0, 0.1) is 0 Å². The van der Waals surface area contributed by atoms with Gasteiger partial charge in [-0.05, 0) is 24.3 Å². The summed E-state index contributed by atoms with van der Waals surface area (Å²) in [5.74, 6) is 1.67. The zero-order valence-corrected chi connectivity index (χ0v) is 10.6. The van der Waals surface area contributed by atoms with Gasteiger partial charge >= 0.3 is 0 Å². The molecule has 0 radical (unpaired) electrons. The van der Waals surface area contributed by atoms with Gasteiger partial charge in [0.05, 0.1) is 18.5 Å². The minimum Gasteiger partial charge on any atom is -0.495 e. The lowest BCUT2D eigenvalue weighted by molar-refractivity contribution is 0.415. The van der Waals surface area contributed by atoms with E-state index in [1.54, 1.807) is 7.11 Å². The predicted octanol–water partition coefficient (Wildman–Crippen LogP) is 2.32. The Balaban J connectivity index is 2.37. The molecule has 0 spiro atoms. The molecule has 2 rings (SSSR count). The monoisotopic (exact) mass is 243 g/mol. The van der Waals surface area contributed by atoms with Crippen molar-refractivity contribution in [2.45, 2.75) is 6.54 Å². The summed E-state index contributed by atoms with van der Waals surface area (Å²) < 4.78 is 5.35. The van der Waals surface area contributed by atoms with Crippen LogP contribution in [0.25, 0.3) is 0 Å². The van der Waals surface area contributed by atoms with Gasteiger partial charge in [0.25, 0.3) is 0 Å². The van der Waals surface area contributed by atoms with Crippen molar-refractivity contribution in [3.8, 4) is 5.75 Å². The summed E-state index contributed by atoms with van der Waals surface area (Å²) in [6.07, 6.45) is 0. The molecule has 2 aromatic rings. The molecule has 18 heavy (non-hydrogen) atoms. The first kappa shape index (κ1) is 12.4. The minimum atomic E-state index is 0.438. The highest BCUT2D eigenvalue weighted by Crippen LogP contribution is 2.30. The number of benzene rings is 1. The van der Waals surface area contributed by atoms with Gasteiger partial charge in [-0.25, -0.2) is 4.98 Å². The Kier molecular flexibility index (Phi) is 3.79. The van der Waals surface area contributed by atoms with E-state index in [2.05, 4.69) is 4.98 Å². The van der Waals surface area contributed by atoms with E-state index in [9.17, 15) is 0 Å². The first-order chi connectivity index (χ1) is 8.76. The zero-order valence-electron chi connectivity index (χ0n) is 10.6. The Morgan fingerprint density at radius 1 is 1.17 bits per heavy atom. The number of para-hydroxylation sites is 2. The number of pyridine rings is 1. The smallest absolute Gasteiger partial charge is 0.142 e. The molecule has 0 unspecified atom stereocenters. The molecule has 2 N–H and O–H groups in total. The summed E-state index contributed by atoms with van der Waals surface area (Å²) in [5.41, 5.74) is 7.45. The molecule has 0 aliphatic heterocycles. The van der Waals surface area contributed by atoms with Crippen molar-refractivity contribution < 1.29 is 4.74 Å². The second-order valence-corrected chi connectivity index (χ2v) is 3.92. The van der Waals surface area contributed by atoms with Crippen molar-refractivity contribution in [2.75, 3.05) is 19.1 Å². The van der Waals surface area contributed by atoms with Gasteiger partial charge in [0.15, 0.2) is 0 Å². The molecule has 1 heterocycles. The van der Waals surface area contributed by atoms with Crippen LogP contribution < -0.4 is 15.4 Å². The van der Waals surface area contributed by atoms with E-state index >= 15 is 0 Å². The Morgan fingerprint density at radius 3 is 2.67 bits per heavy atom. The number of methoxy groups -OCH3 is 1. The molecule has 0 aliphatic rings. The summed E-state index contributed by atoms with van der Waals surface area (Å²) >= 11 is 0. The molecule has 0 saturated carbocycles. The molecule has 0 atom stereocenters. The molecule has 1 aromatic heterocycles. The molecular formula is C14H17N3O. The van der Waals surface area contributed by atoms with Crippen LogP contribution in [-0.4, -0.2) is 19.1 Å². The van der Waals surface area contributed by atoms with Crippen LogP contribution >= 0.6 is 0 Å². The summed E-state index contributed by atoms with van der Waals surface area (Å²) in [6.45, 7) is 0.438. The molecule has 0 aliphatic carbocycles. The first-order valence-corrected chi connectivity index (χ1v) is 5.79. The Bertz CT molecular complexity index is 528. The third-order valence-corrected chi connectivity index (χ3v) is 2.79. The maximum atomic E-state index is 5.61. The molecule has 4 heteroatoms. The first-order valence-electron chi connectivity index (χ1n) is 5.79. The average molecular weight is 243 g/mol. The van der Waals surface area contributed by atoms with E-state index in [0.29, 0.717) is 6.54 Å². The van der Waals surface area contributed by atoms with Crippen LogP contribution in [0.1, 0.15) is 5.69 Å². The number of aromatic nitrogens is 1. The van der Waals surface area contributed by atoms with Crippen LogP contribution in [0.4, 0.5) is 11.5 Å². The van der Waals surface area contributed by atoms with E-state index in [4.69, 9.17) is 10.5 Å². The summed E-state index contributed by atoms with van der Waals surface area (Å²) in [5, 5.41) is 0. The quantitative estimate of drug-likeness (QED) is 0.895. The second-order valence-electron chi connectivity index (χ2n) is 3.92. The maximum absolute atomic E-state index is 5.61. The van der Waals surface area contributed by atoms with Gasteiger partial charge in [-0.15, -0.1) is 0 Å². The largest absolute Gasteiger partial charge is 0.495 e. The zero-order chi connectivity index (χ0) is 13.0. The molecule has 0 bridgehead atoms. The van der Waals surface area contributed by atoms with Crippen LogP contribution in [0.15, 0.2) is 42.5 Å². The molecule has 0 amide bonds. The maximum Gasteiger partial charge on any atom is 0.142 e. The molecule has 94 valence electrons. The number of rotatable bonds is 4. The second kappa shape index (κ2) is 5.51. The van der Waals surface area contributed by atoms with Gasteiger partial charge in [0.1, 0.15) is 11.6 Å². The van der Waals surface area contributed by atoms with Gasteiger partial charge in [0, 0.05) is 13.6 Å². The van der Waals surface area contributed by atoms with Crippen molar-refractivity contribution in [3.05, 3.63) is 48.2 Å². The molecule has 1 aromatic carbocycles. The number of nitrogens with two attached hydrogens (primary N) is 1. The number of ether oxygens (including phenoxy) is 1. The third kappa shape index (κ3) is 2.43. The van der Waals surface area contributed by atoms with E-state index in [0.717, 1.165) is 22.9 Å². The number of hydrogen-bond donors (Lipinski definition) is 1. The van der Waals surface area contributed by atoms with Crippen molar-refractivity contribution in [1.82, 2.24) is 4.98 Å².